The molecule has 0 bridgehead atoms. The van der Waals surface area contributed by atoms with Gasteiger partial charge in [-0.15, -0.1) is 0 Å². The molecular formula is C10H10O4. The van der Waals surface area contributed by atoms with Crippen LogP contribution in [0.15, 0.2) is 30.3 Å². The van der Waals surface area contributed by atoms with E-state index >= 15 is 0 Å². The number of epoxide rings is 1. The van der Waals surface area contributed by atoms with Crippen LogP contribution in [0.1, 0.15) is 11.7 Å². The summed E-state index contributed by atoms with van der Waals surface area (Å²) in [4.78, 5) is 10.8. The number of hydrogen-bond donors (Lipinski definition) is 1. The van der Waals surface area contributed by atoms with Gasteiger partial charge in [0, 0.05) is 7.11 Å². The lowest BCUT2D eigenvalue weighted by Crippen LogP contribution is -2.26. The molecule has 0 radical (unpaired) electrons. The molecule has 0 aliphatic carbocycles. The summed E-state index contributed by atoms with van der Waals surface area (Å²) >= 11 is 0. The minimum absolute atomic E-state index is 0.494. The molecule has 14 heavy (non-hydrogen) atoms. The Kier molecular flexibility index (Phi) is 2.02. The molecule has 2 rings (SSSR count). The molecule has 1 fully saturated rings. The molecule has 1 heterocycles. The minimum atomic E-state index is -1.47. The summed E-state index contributed by atoms with van der Waals surface area (Å²) in [7, 11) is 1.33. The Labute approximate surface area is 81.1 Å². The van der Waals surface area contributed by atoms with Crippen LogP contribution in [-0.2, 0) is 14.3 Å². The molecule has 4 nitrogen and oxygen atoms in total. The van der Waals surface area contributed by atoms with Crippen molar-refractivity contribution in [3.8, 4) is 0 Å². The Hall–Kier alpha value is -1.39. The molecule has 2 atom stereocenters. The number of methoxy groups -OCH3 is 1. The van der Waals surface area contributed by atoms with E-state index in [1.54, 1.807) is 0 Å². The molecule has 0 amide bonds. The lowest BCUT2D eigenvalue weighted by Gasteiger charge is -2.03. The van der Waals surface area contributed by atoms with Crippen molar-refractivity contribution in [1.82, 2.24) is 0 Å². The first-order chi connectivity index (χ1) is 6.70. The SMILES string of the molecule is COC1(C(=O)O)OC1c1ccccc1. The molecule has 0 saturated carbocycles. The van der Waals surface area contributed by atoms with Crippen molar-refractivity contribution < 1.29 is 19.4 Å². The Morgan fingerprint density at radius 2 is 2.14 bits per heavy atom. The Bertz CT molecular complexity index is 348. The molecule has 1 N–H and O–H groups in total. The van der Waals surface area contributed by atoms with Gasteiger partial charge in [-0.25, -0.2) is 4.79 Å². The molecule has 1 aliphatic heterocycles. The van der Waals surface area contributed by atoms with Crippen molar-refractivity contribution in [2.75, 3.05) is 7.11 Å². The van der Waals surface area contributed by atoms with E-state index in [9.17, 15) is 4.79 Å². The summed E-state index contributed by atoms with van der Waals surface area (Å²) in [6.45, 7) is 0. The first-order valence-corrected chi connectivity index (χ1v) is 4.22. The smallest absolute Gasteiger partial charge is 0.367 e. The summed E-state index contributed by atoms with van der Waals surface area (Å²) in [6.07, 6.45) is -0.494. The molecule has 4 heteroatoms. The number of aliphatic carboxylic acids is 1. The van der Waals surface area contributed by atoms with Crippen LogP contribution >= 0.6 is 0 Å². The van der Waals surface area contributed by atoms with Gasteiger partial charge < -0.3 is 14.6 Å². The molecule has 2 unspecified atom stereocenters. The third-order valence-electron chi connectivity index (χ3n) is 2.28. The van der Waals surface area contributed by atoms with Crippen LogP contribution in [0, 0.1) is 0 Å². The molecule has 1 aliphatic rings. The maximum atomic E-state index is 10.8. The Morgan fingerprint density at radius 3 is 2.57 bits per heavy atom. The Balaban J connectivity index is 2.22. The molecular weight excluding hydrogens is 184 g/mol. The normalized spacial score (nSPS) is 29.9. The third kappa shape index (κ3) is 1.20. The second-order valence-corrected chi connectivity index (χ2v) is 3.09. The van der Waals surface area contributed by atoms with Crippen LogP contribution in [0.2, 0.25) is 0 Å². The summed E-state index contributed by atoms with van der Waals surface area (Å²) in [6, 6.07) is 9.16. The van der Waals surface area contributed by atoms with Crippen LogP contribution in [0.4, 0.5) is 0 Å². The van der Waals surface area contributed by atoms with Crippen LogP contribution in [0.25, 0.3) is 0 Å². The van der Waals surface area contributed by atoms with Gasteiger partial charge in [0.05, 0.1) is 0 Å². The van der Waals surface area contributed by atoms with E-state index in [0.29, 0.717) is 0 Å². The van der Waals surface area contributed by atoms with Crippen molar-refractivity contribution in [1.29, 1.82) is 0 Å². The number of carboxylic acid groups (broad SMARTS) is 1. The van der Waals surface area contributed by atoms with Crippen molar-refractivity contribution in [3.63, 3.8) is 0 Å². The van der Waals surface area contributed by atoms with Crippen LogP contribution in [0.5, 0.6) is 0 Å². The monoisotopic (exact) mass is 194 g/mol. The van der Waals surface area contributed by atoms with Crippen molar-refractivity contribution >= 4 is 5.97 Å². The van der Waals surface area contributed by atoms with Crippen molar-refractivity contribution in [3.05, 3.63) is 35.9 Å². The van der Waals surface area contributed by atoms with Gasteiger partial charge in [0.1, 0.15) is 0 Å². The highest BCUT2D eigenvalue weighted by Crippen LogP contribution is 2.50. The van der Waals surface area contributed by atoms with Gasteiger partial charge in [-0.2, -0.15) is 0 Å². The predicted molar refractivity (Wildman–Crippen MR) is 47.6 cm³/mol. The summed E-state index contributed by atoms with van der Waals surface area (Å²) in [5.41, 5.74) is 0.816. The van der Waals surface area contributed by atoms with Gasteiger partial charge in [-0.05, 0) is 5.56 Å². The maximum absolute atomic E-state index is 10.8. The molecule has 0 aromatic heterocycles. The molecule has 1 aromatic carbocycles. The van der Waals surface area contributed by atoms with E-state index in [-0.39, 0.29) is 0 Å². The van der Waals surface area contributed by atoms with Gasteiger partial charge in [0.2, 0.25) is 0 Å². The average molecular weight is 194 g/mol. The molecule has 1 aromatic rings. The van der Waals surface area contributed by atoms with Gasteiger partial charge >= 0.3 is 11.8 Å². The zero-order chi connectivity index (χ0) is 10.2. The number of rotatable bonds is 3. The highest BCUT2D eigenvalue weighted by Gasteiger charge is 2.65. The minimum Gasteiger partial charge on any atom is -0.477 e. The van der Waals surface area contributed by atoms with Gasteiger partial charge in [-0.3, -0.25) is 0 Å². The number of benzene rings is 1. The van der Waals surface area contributed by atoms with E-state index < -0.39 is 17.9 Å². The summed E-state index contributed by atoms with van der Waals surface area (Å²) in [5, 5.41) is 8.89. The van der Waals surface area contributed by atoms with Crippen LogP contribution < -0.4 is 0 Å². The average Bonchev–Trinajstić information content (AvgIpc) is 2.95. The van der Waals surface area contributed by atoms with Gasteiger partial charge in [-0.1, -0.05) is 30.3 Å². The van der Waals surface area contributed by atoms with E-state index in [4.69, 9.17) is 14.6 Å². The quantitative estimate of drug-likeness (QED) is 0.734. The molecule has 74 valence electrons. The highest BCUT2D eigenvalue weighted by molar-refractivity contribution is 5.80. The van der Waals surface area contributed by atoms with E-state index in [0.717, 1.165) is 5.56 Å². The van der Waals surface area contributed by atoms with Gasteiger partial charge in [0.25, 0.3) is 0 Å². The maximum Gasteiger partial charge on any atom is 0.367 e. The number of ether oxygens (including phenoxy) is 2. The zero-order valence-electron chi connectivity index (χ0n) is 7.64. The lowest BCUT2D eigenvalue weighted by molar-refractivity contribution is -0.161. The fraction of sp³-hybridized carbons (Fsp3) is 0.300. The summed E-state index contributed by atoms with van der Waals surface area (Å²) in [5.74, 6) is -2.56. The van der Waals surface area contributed by atoms with Crippen LogP contribution in [-0.4, -0.2) is 24.0 Å². The fourth-order valence-electron chi connectivity index (χ4n) is 1.46. The first kappa shape index (κ1) is 9.18. The number of carbonyl (C=O) groups is 1. The van der Waals surface area contributed by atoms with E-state index in [1.165, 1.54) is 7.11 Å². The predicted octanol–water partition coefficient (Wildman–Crippen LogP) is 1.19. The highest BCUT2D eigenvalue weighted by atomic mass is 16.8. The zero-order valence-corrected chi connectivity index (χ0v) is 7.64. The van der Waals surface area contributed by atoms with E-state index in [2.05, 4.69) is 0 Å². The van der Waals surface area contributed by atoms with E-state index in [1.807, 2.05) is 30.3 Å². The van der Waals surface area contributed by atoms with Crippen LogP contribution in [0.3, 0.4) is 0 Å². The van der Waals surface area contributed by atoms with Crippen molar-refractivity contribution in [2.45, 2.75) is 11.9 Å². The molecule has 1 saturated heterocycles. The van der Waals surface area contributed by atoms with Gasteiger partial charge in [0.15, 0.2) is 6.10 Å². The topological polar surface area (TPSA) is 59.1 Å². The fourth-order valence-corrected chi connectivity index (χ4v) is 1.46. The number of hydrogen-bond acceptors (Lipinski definition) is 3. The lowest BCUT2D eigenvalue weighted by atomic mass is 10.1. The molecule has 0 spiro atoms. The second-order valence-electron chi connectivity index (χ2n) is 3.09. The second kappa shape index (κ2) is 3.08. The first-order valence-electron chi connectivity index (χ1n) is 4.22. The van der Waals surface area contributed by atoms with Crippen molar-refractivity contribution in [2.24, 2.45) is 0 Å². The standard InChI is InChI=1S/C10H10O4/c1-13-10(9(11)12)8(14-10)7-5-3-2-4-6-7/h2-6,8H,1H3,(H,11,12). The third-order valence-corrected chi connectivity index (χ3v) is 2.28. The summed E-state index contributed by atoms with van der Waals surface area (Å²) < 4.78 is 9.93. The Morgan fingerprint density at radius 1 is 1.50 bits per heavy atom. The number of carboxylic acids is 1. The largest absolute Gasteiger partial charge is 0.477 e.